The average molecular weight is 344 g/mol. The molecule has 0 amide bonds. The van der Waals surface area contributed by atoms with Crippen LogP contribution in [-0.4, -0.2) is 11.3 Å². The van der Waals surface area contributed by atoms with Gasteiger partial charge in [-0.3, -0.25) is 4.79 Å². The van der Waals surface area contributed by atoms with Crippen LogP contribution in [0.5, 0.6) is 5.75 Å². The number of ether oxygens (including phenoxy) is 1. The summed E-state index contributed by atoms with van der Waals surface area (Å²) in [5.41, 5.74) is 3.50. The van der Waals surface area contributed by atoms with Gasteiger partial charge in [0.1, 0.15) is 12.4 Å². The lowest BCUT2D eigenvalue weighted by molar-refractivity contribution is 0.112. The highest BCUT2D eigenvalue weighted by molar-refractivity contribution is 7.11. The number of hydrogen-bond donors (Lipinski definition) is 0. The number of aromatic nitrogens is 1. The number of aldehydes is 1. The largest absolute Gasteiger partial charge is 0.488 e. The Balaban J connectivity index is 1.94. The van der Waals surface area contributed by atoms with Crippen molar-refractivity contribution < 1.29 is 9.53 Å². The molecule has 1 heterocycles. The summed E-state index contributed by atoms with van der Waals surface area (Å²) in [4.78, 5) is 15.2. The van der Waals surface area contributed by atoms with Crippen molar-refractivity contribution in [2.45, 2.75) is 13.5 Å². The van der Waals surface area contributed by atoms with E-state index in [1.807, 2.05) is 54.8 Å². The number of halogens is 1. The second-order valence-corrected chi connectivity index (χ2v) is 6.36. The molecule has 0 radical (unpaired) electrons. The first-order chi connectivity index (χ1) is 11.2. The summed E-state index contributed by atoms with van der Waals surface area (Å²) in [5.74, 6) is 0.707. The van der Waals surface area contributed by atoms with Gasteiger partial charge in [-0.25, -0.2) is 4.98 Å². The maximum Gasteiger partial charge on any atom is 0.178 e. The molecule has 0 N–H and O–H groups in total. The Morgan fingerprint density at radius 3 is 2.74 bits per heavy atom. The molecule has 2 aromatic carbocycles. The molecule has 0 saturated carbocycles. The zero-order chi connectivity index (χ0) is 16.2. The summed E-state index contributed by atoms with van der Waals surface area (Å²) in [6.07, 6.45) is 0.745. The first kappa shape index (κ1) is 15.7. The highest BCUT2D eigenvalue weighted by atomic mass is 35.5. The summed E-state index contributed by atoms with van der Waals surface area (Å²) < 4.78 is 5.97. The molecular formula is C18H14ClNO2S. The summed E-state index contributed by atoms with van der Waals surface area (Å²) in [6.45, 7) is 2.39. The Kier molecular flexibility index (Phi) is 4.74. The SMILES string of the molecule is Cc1cc(OCc2ccccc2)c(-c2csc(C=O)n2)cc1Cl. The van der Waals surface area contributed by atoms with Crippen LogP contribution in [0.4, 0.5) is 0 Å². The van der Waals surface area contributed by atoms with Gasteiger partial charge in [0.25, 0.3) is 0 Å². The number of carbonyl (C=O) groups is 1. The van der Waals surface area contributed by atoms with E-state index < -0.39 is 0 Å². The van der Waals surface area contributed by atoms with Crippen LogP contribution in [0.1, 0.15) is 20.9 Å². The number of thiazole rings is 1. The van der Waals surface area contributed by atoms with E-state index in [9.17, 15) is 4.79 Å². The molecule has 0 aliphatic heterocycles. The molecule has 3 rings (SSSR count). The third kappa shape index (κ3) is 3.60. The van der Waals surface area contributed by atoms with Gasteiger partial charge in [0.2, 0.25) is 0 Å². The first-order valence-electron chi connectivity index (χ1n) is 7.05. The van der Waals surface area contributed by atoms with Crippen LogP contribution >= 0.6 is 22.9 Å². The number of carbonyl (C=O) groups excluding carboxylic acids is 1. The average Bonchev–Trinajstić information content (AvgIpc) is 3.05. The predicted molar refractivity (Wildman–Crippen MR) is 93.5 cm³/mol. The van der Waals surface area contributed by atoms with Gasteiger partial charge in [-0.2, -0.15) is 0 Å². The molecule has 0 atom stereocenters. The molecule has 0 aliphatic carbocycles. The second-order valence-electron chi connectivity index (χ2n) is 5.06. The minimum Gasteiger partial charge on any atom is -0.488 e. The fraction of sp³-hybridized carbons (Fsp3) is 0.111. The van der Waals surface area contributed by atoms with Gasteiger partial charge in [-0.1, -0.05) is 41.9 Å². The van der Waals surface area contributed by atoms with E-state index in [-0.39, 0.29) is 0 Å². The molecule has 5 heteroatoms. The van der Waals surface area contributed by atoms with Crippen LogP contribution in [0.3, 0.4) is 0 Å². The molecule has 3 nitrogen and oxygen atoms in total. The van der Waals surface area contributed by atoms with Crippen LogP contribution in [0, 0.1) is 6.92 Å². The van der Waals surface area contributed by atoms with Crippen molar-refractivity contribution in [2.24, 2.45) is 0 Å². The Bertz CT molecular complexity index is 830. The quantitative estimate of drug-likeness (QED) is 0.600. The molecular weight excluding hydrogens is 330 g/mol. The van der Waals surface area contributed by atoms with E-state index in [0.717, 1.165) is 23.0 Å². The summed E-state index contributed by atoms with van der Waals surface area (Å²) in [6, 6.07) is 13.7. The molecule has 0 unspecified atom stereocenters. The topological polar surface area (TPSA) is 39.2 Å². The number of nitrogens with zero attached hydrogens (tertiary/aromatic N) is 1. The van der Waals surface area contributed by atoms with Crippen molar-refractivity contribution >= 4 is 29.2 Å². The van der Waals surface area contributed by atoms with Crippen molar-refractivity contribution in [3.8, 4) is 17.0 Å². The molecule has 3 aromatic rings. The molecule has 0 spiro atoms. The lowest BCUT2D eigenvalue weighted by Gasteiger charge is -2.12. The Labute approximate surface area is 143 Å². The van der Waals surface area contributed by atoms with E-state index in [2.05, 4.69) is 4.98 Å². The number of aryl methyl sites for hydroxylation is 1. The highest BCUT2D eigenvalue weighted by Gasteiger charge is 2.13. The van der Waals surface area contributed by atoms with Gasteiger partial charge in [-0.15, -0.1) is 11.3 Å². The van der Waals surface area contributed by atoms with E-state index in [1.54, 1.807) is 0 Å². The Morgan fingerprint density at radius 1 is 1.26 bits per heavy atom. The van der Waals surface area contributed by atoms with E-state index >= 15 is 0 Å². The smallest absolute Gasteiger partial charge is 0.178 e. The monoisotopic (exact) mass is 343 g/mol. The summed E-state index contributed by atoms with van der Waals surface area (Å²) in [7, 11) is 0. The van der Waals surface area contributed by atoms with Gasteiger partial charge in [-0.05, 0) is 30.2 Å². The lowest BCUT2D eigenvalue weighted by atomic mass is 10.1. The van der Waals surface area contributed by atoms with E-state index in [4.69, 9.17) is 16.3 Å². The Hall–Kier alpha value is -2.17. The minimum atomic E-state index is 0.436. The predicted octanol–water partition coefficient (Wildman–Crippen LogP) is 5.16. The third-order valence-electron chi connectivity index (χ3n) is 3.40. The minimum absolute atomic E-state index is 0.436. The van der Waals surface area contributed by atoms with Crippen molar-refractivity contribution in [2.75, 3.05) is 0 Å². The molecule has 0 bridgehead atoms. The molecule has 0 fully saturated rings. The zero-order valence-electron chi connectivity index (χ0n) is 12.5. The summed E-state index contributed by atoms with van der Waals surface area (Å²) in [5, 5.41) is 2.92. The van der Waals surface area contributed by atoms with E-state index in [1.165, 1.54) is 11.3 Å². The van der Waals surface area contributed by atoms with Crippen LogP contribution in [0.25, 0.3) is 11.3 Å². The van der Waals surface area contributed by atoms with Gasteiger partial charge in [0.05, 0.1) is 5.69 Å². The normalized spacial score (nSPS) is 10.5. The number of benzene rings is 2. The van der Waals surface area contributed by atoms with Gasteiger partial charge >= 0.3 is 0 Å². The zero-order valence-corrected chi connectivity index (χ0v) is 14.0. The van der Waals surface area contributed by atoms with Gasteiger partial charge < -0.3 is 4.74 Å². The maximum absolute atomic E-state index is 10.9. The second kappa shape index (κ2) is 6.94. The third-order valence-corrected chi connectivity index (χ3v) is 4.57. The lowest BCUT2D eigenvalue weighted by Crippen LogP contribution is -1.98. The van der Waals surface area contributed by atoms with Gasteiger partial charge in [0.15, 0.2) is 11.3 Å². The molecule has 0 aliphatic rings. The standard InChI is InChI=1S/C18H14ClNO2S/c1-12-7-17(22-10-13-5-3-2-4-6-13)14(8-15(12)19)16-11-23-18(9-21)20-16/h2-9,11H,10H2,1H3. The fourth-order valence-corrected chi connectivity index (χ4v) is 2.96. The van der Waals surface area contributed by atoms with Crippen LogP contribution in [0.2, 0.25) is 5.02 Å². The maximum atomic E-state index is 10.9. The molecule has 0 saturated heterocycles. The highest BCUT2D eigenvalue weighted by Crippen LogP contribution is 2.35. The van der Waals surface area contributed by atoms with E-state index in [0.29, 0.717) is 28.1 Å². The first-order valence-corrected chi connectivity index (χ1v) is 8.31. The molecule has 1 aromatic heterocycles. The Morgan fingerprint density at radius 2 is 2.04 bits per heavy atom. The fourth-order valence-electron chi connectivity index (χ4n) is 2.18. The molecule has 116 valence electrons. The number of rotatable bonds is 5. The van der Waals surface area contributed by atoms with Gasteiger partial charge in [0, 0.05) is 16.0 Å². The van der Waals surface area contributed by atoms with Crippen molar-refractivity contribution in [3.05, 3.63) is 69.0 Å². The van der Waals surface area contributed by atoms with Crippen molar-refractivity contribution in [3.63, 3.8) is 0 Å². The number of hydrogen-bond acceptors (Lipinski definition) is 4. The van der Waals surface area contributed by atoms with Crippen LogP contribution in [0.15, 0.2) is 47.8 Å². The van der Waals surface area contributed by atoms with Crippen molar-refractivity contribution in [1.82, 2.24) is 4.98 Å². The molecule has 23 heavy (non-hydrogen) atoms. The summed E-state index contributed by atoms with van der Waals surface area (Å²) >= 11 is 7.54. The van der Waals surface area contributed by atoms with Crippen molar-refractivity contribution in [1.29, 1.82) is 0 Å². The van der Waals surface area contributed by atoms with Crippen LogP contribution in [-0.2, 0) is 6.61 Å². The van der Waals surface area contributed by atoms with Crippen LogP contribution < -0.4 is 4.74 Å².